The van der Waals surface area contributed by atoms with Crippen LogP contribution in [0, 0.1) is 17.5 Å². The second-order valence-electron chi connectivity index (χ2n) is 11.2. The highest BCUT2D eigenvalue weighted by atomic mass is 32.1. The van der Waals surface area contributed by atoms with Gasteiger partial charge in [0.2, 0.25) is 0 Å². The molecule has 0 saturated carbocycles. The maximum atomic E-state index is 15.0. The van der Waals surface area contributed by atoms with Crippen molar-refractivity contribution >= 4 is 39.4 Å². The van der Waals surface area contributed by atoms with Crippen LogP contribution in [-0.4, -0.2) is 52.0 Å². The molecule has 1 unspecified atom stereocenters. The third kappa shape index (κ3) is 6.67. The molecule has 0 aliphatic carbocycles. The molecule has 1 saturated heterocycles. The summed E-state index contributed by atoms with van der Waals surface area (Å²) >= 11 is 1.08. The Morgan fingerprint density at radius 3 is 2.29 bits per heavy atom. The predicted molar refractivity (Wildman–Crippen MR) is 180 cm³/mol. The number of nitrogens with one attached hydrogen (secondary N) is 3. The predicted octanol–water partition coefficient (Wildman–Crippen LogP) is 5.38. The number of hydrogen-bond donors (Lipinski definition) is 3. The second-order valence-corrected chi connectivity index (χ2v) is 12.2. The summed E-state index contributed by atoms with van der Waals surface area (Å²) in [6.07, 6.45) is -1.01. The third-order valence-corrected chi connectivity index (χ3v) is 9.42. The summed E-state index contributed by atoms with van der Waals surface area (Å²) < 4.78 is 50.9. The maximum absolute atomic E-state index is 15.0. The van der Waals surface area contributed by atoms with Crippen molar-refractivity contribution in [3.8, 4) is 16.1 Å². The molecule has 0 spiro atoms. The molecule has 5 aromatic rings. The molecule has 3 N–H and O–H groups in total. The van der Waals surface area contributed by atoms with Gasteiger partial charge in [-0.15, -0.1) is 11.3 Å². The number of halogens is 3. The molecule has 2 aromatic heterocycles. The van der Waals surface area contributed by atoms with E-state index in [1.807, 2.05) is 0 Å². The molecule has 1 fully saturated rings. The molecule has 1 aliphatic rings. The normalized spacial score (nSPS) is 13.5. The van der Waals surface area contributed by atoms with Crippen molar-refractivity contribution in [3.63, 3.8) is 0 Å². The Bertz CT molecular complexity index is 2140. The molecule has 49 heavy (non-hydrogen) atoms. The van der Waals surface area contributed by atoms with Crippen LogP contribution in [0.25, 0.3) is 26.3 Å². The van der Waals surface area contributed by atoms with E-state index in [1.54, 1.807) is 38.1 Å². The summed E-state index contributed by atoms with van der Waals surface area (Å²) in [6.45, 7) is 4.06. The molecule has 3 aromatic carbocycles. The van der Waals surface area contributed by atoms with Gasteiger partial charge in [-0.1, -0.05) is 18.2 Å². The molecule has 3 amide bonds. The van der Waals surface area contributed by atoms with Gasteiger partial charge in [0.05, 0.1) is 30.3 Å². The average molecular weight is 693 g/mol. The minimum absolute atomic E-state index is 0.0319. The van der Waals surface area contributed by atoms with E-state index in [2.05, 4.69) is 16.0 Å². The lowest BCUT2D eigenvalue weighted by Gasteiger charge is -2.23. The lowest BCUT2D eigenvalue weighted by molar-refractivity contribution is 0.144. The van der Waals surface area contributed by atoms with Crippen LogP contribution in [0.4, 0.5) is 28.4 Å². The highest BCUT2D eigenvalue weighted by Gasteiger charge is 2.29. The lowest BCUT2D eigenvalue weighted by atomic mass is 10.1. The van der Waals surface area contributed by atoms with Gasteiger partial charge in [-0.3, -0.25) is 19.6 Å². The fourth-order valence-corrected chi connectivity index (χ4v) is 6.94. The first-order chi connectivity index (χ1) is 23.6. The number of ether oxygens (including phenoxy) is 1. The van der Waals surface area contributed by atoms with E-state index < -0.39 is 47.5 Å². The van der Waals surface area contributed by atoms with Gasteiger partial charge in [0.25, 0.3) is 5.56 Å². The Kier molecular flexibility index (Phi) is 9.56. The fourth-order valence-electron chi connectivity index (χ4n) is 5.63. The number of carbonyl (C=O) groups excluding carboxylic acids is 2. The van der Waals surface area contributed by atoms with E-state index in [0.29, 0.717) is 34.8 Å². The number of urea groups is 1. The Morgan fingerprint density at radius 2 is 1.65 bits per heavy atom. The van der Waals surface area contributed by atoms with Crippen LogP contribution in [0.3, 0.4) is 0 Å². The number of nitrogens with zero attached hydrogens (tertiary/aromatic N) is 3. The summed E-state index contributed by atoms with van der Waals surface area (Å²) in [5, 5.41) is 8.74. The van der Waals surface area contributed by atoms with E-state index >= 15 is 0 Å². The van der Waals surface area contributed by atoms with E-state index in [0.717, 1.165) is 44.7 Å². The smallest absolute Gasteiger partial charge is 0.411 e. The molecule has 254 valence electrons. The van der Waals surface area contributed by atoms with Gasteiger partial charge in [0.1, 0.15) is 28.9 Å². The second kappa shape index (κ2) is 14.0. The molecule has 3 heterocycles. The van der Waals surface area contributed by atoms with Gasteiger partial charge in [-0.25, -0.2) is 32.1 Å². The zero-order valence-electron chi connectivity index (χ0n) is 26.4. The Morgan fingerprint density at radius 1 is 0.959 bits per heavy atom. The first-order valence-electron chi connectivity index (χ1n) is 15.4. The SMILES string of the molecule is CCNC(=O)Nc1ccc(-c2sc3c(c2CNC(C)N2CCOC2=O)c(=O)n(-c2ccc(F)cc2)c(=O)n3Cc2c(F)cccc2F)cc1. The number of thiophene rings is 1. The van der Waals surface area contributed by atoms with Crippen LogP contribution in [0.5, 0.6) is 0 Å². The molecule has 6 rings (SSSR count). The zero-order chi connectivity index (χ0) is 34.8. The quantitative estimate of drug-likeness (QED) is 0.181. The van der Waals surface area contributed by atoms with Crippen molar-refractivity contribution in [2.75, 3.05) is 25.0 Å². The number of fused-ring (bicyclic) bond motifs is 1. The van der Waals surface area contributed by atoms with Crippen molar-refractivity contribution in [1.29, 1.82) is 0 Å². The van der Waals surface area contributed by atoms with Crippen molar-refractivity contribution in [2.24, 2.45) is 0 Å². The molecular formula is C34H31F3N6O5S. The summed E-state index contributed by atoms with van der Waals surface area (Å²) in [5.74, 6) is -2.34. The minimum atomic E-state index is -0.881. The Hall–Kier alpha value is -5.41. The Balaban J connectivity index is 1.57. The van der Waals surface area contributed by atoms with Crippen LogP contribution in [0.15, 0.2) is 76.3 Å². The molecule has 0 radical (unpaired) electrons. The van der Waals surface area contributed by atoms with Crippen LogP contribution in [0.2, 0.25) is 0 Å². The van der Waals surface area contributed by atoms with Gasteiger partial charge in [0, 0.05) is 29.2 Å². The molecule has 1 aliphatic heterocycles. The first-order valence-corrected chi connectivity index (χ1v) is 16.2. The summed E-state index contributed by atoms with van der Waals surface area (Å²) in [7, 11) is 0. The summed E-state index contributed by atoms with van der Waals surface area (Å²) in [4.78, 5) is 55.1. The van der Waals surface area contributed by atoms with Crippen LogP contribution >= 0.6 is 11.3 Å². The number of anilines is 1. The summed E-state index contributed by atoms with van der Waals surface area (Å²) in [5.41, 5.74) is -0.354. The minimum Gasteiger partial charge on any atom is -0.447 e. The standard InChI is InChI=1S/C34H31F3N6O5S/c1-3-38-32(45)40-22-11-7-20(8-12-22)29-24(17-39-19(2)41-15-16-48-34(41)47)28-30(44)43(23-13-9-21(35)10-14-23)33(46)42(31(28)49-29)18-25-26(36)5-4-6-27(25)37/h4-14,19,39H,3,15-18H2,1-2H3,(H2,38,40,45). The number of hydrogen-bond acceptors (Lipinski definition) is 7. The van der Waals surface area contributed by atoms with Crippen molar-refractivity contribution in [3.05, 3.63) is 116 Å². The summed E-state index contributed by atoms with van der Waals surface area (Å²) in [6, 6.07) is 14.5. The Labute approximate surface area is 281 Å². The highest BCUT2D eigenvalue weighted by Crippen LogP contribution is 2.38. The molecule has 15 heteroatoms. The monoisotopic (exact) mass is 692 g/mol. The number of cyclic esters (lactones) is 1. The number of carbonyl (C=O) groups is 2. The largest absolute Gasteiger partial charge is 0.447 e. The molecule has 11 nitrogen and oxygen atoms in total. The van der Waals surface area contributed by atoms with Crippen LogP contribution in [-0.2, 0) is 17.8 Å². The number of benzene rings is 3. The van der Waals surface area contributed by atoms with Crippen LogP contribution < -0.4 is 27.2 Å². The average Bonchev–Trinajstić information content (AvgIpc) is 3.68. The van der Waals surface area contributed by atoms with Crippen LogP contribution in [0.1, 0.15) is 25.0 Å². The van der Waals surface area contributed by atoms with E-state index in [-0.39, 0.29) is 40.7 Å². The fraction of sp³-hybridized carbons (Fsp3) is 0.235. The van der Waals surface area contributed by atoms with Crippen molar-refractivity contribution < 1.29 is 27.5 Å². The van der Waals surface area contributed by atoms with Gasteiger partial charge >= 0.3 is 17.8 Å². The number of aromatic nitrogens is 2. The van der Waals surface area contributed by atoms with E-state index in [1.165, 1.54) is 23.1 Å². The maximum Gasteiger partial charge on any atom is 0.411 e. The molecular weight excluding hydrogens is 661 g/mol. The molecule has 0 bridgehead atoms. The van der Waals surface area contributed by atoms with Crippen molar-refractivity contribution in [1.82, 2.24) is 24.7 Å². The van der Waals surface area contributed by atoms with E-state index in [9.17, 15) is 32.3 Å². The zero-order valence-corrected chi connectivity index (χ0v) is 27.2. The highest BCUT2D eigenvalue weighted by molar-refractivity contribution is 7.22. The van der Waals surface area contributed by atoms with Gasteiger partial charge in [-0.2, -0.15) is 0 Å². The van der Waals surface area contributed by atoms with Gasteiger partial charge in [0.15, 0.2) is 0 Å². The number of rotatable bonds is 10. The third-order valence-electron chi connectivity index (χ3n) is 8.11. The molecule has 1 atom stereocenters. The lowest BCUT2D eigenvalue weighted by Crippen LogP contribution is -2.44. The van der Waals surface area contributed by atoms with Gasteiger partial charge < -0.3 is 15.4 Å². The topological polar surface area (TPSA) is 127 Å². The van der Waals surface area contributed by atoms with Crippen molar-refractivity contribution in [2.45, 2.75) is 33.1 Å². The first kappa shape index (κ1) is 33.5. The van der Waals surface area contributed by atoms with Gasteiger partial charge in [-0.05, 0) is 73.5 Å². The number of amides is 3. The van der Waals surface area contributed by atoms with E-state index in [4.69, 9.17) is 4.74 Å².